The molecule has 2 amide bonds. The van der Waals surface area contributed by atoms with Crippen LogP contribution in [0.5, 0.6) is 5.75 Å². The molecule has 1 fully saturated rings. The van der Waals surface area contributed by atoms with Crippen molar-refractivity contribution >= 4 is 23.1 Å². The Kier molecular flexibility index (Phi) is 5.37. The van der Waals surface area contributed by atoms with Crippen LogP contribution < -0.4 is 9.64 Å². The highest BCUT2D eigenvalue weighted by Crippen LogP contribution is 2.37. The molecule has 2 heterocycles. The summed E-state index contributed by atoms with van der Waals surface area (Å²) in [5.74, 6) is 0.710. The molecule has 2 aliphatic heterocycles. The Labute approximate surface area is 177 Å². The standard InChI is InChI=1S/C25H28N2O3/c1-16-6-5-13-26(15-16)23-22(19-8-11-21(30-4)12-9-19)24(28)27(25(23)29)20-10-7-17(2)18(3)14-20/h7-12,14,16H,5-6,13,15H2,1-4H3. The second-order valence-electron chi connectivity index (χ2n) is 8.36. The van der Waals surface area contributed by atoms with Gasteiger partial charge in [-0.1, -0.05) is 25.1 Å². The number of hydrogen-bond acceptors (Lipinski definition) is 4. The van der Waals surface area contributed by atoms with Gasteiger partial charge in [0.05, 0.1) is 18.4 Å². The largest absolute Gasteiger partial charge is 0.497 e. The fraction of sp³-hybridized carbons (Fsp3) is 0.360. The van der Waals surface area contributed by atoms with Gasteiger partial charge >= 0.3 is 0 Å². The summed E-state index contributed by atoms with van der Waals surface area (Å²) in [5, 5.41) is 0. The van der Waals surface area contributed by atoms with Gasteiger partial charge in [0.25, 0.3) is 11.8 Å². The molecule has 0 saturated carbocycles. The minimum absolute atomic E-state index is 0.233. The Balaban J connectivity index is 1.82. The van der Waals surface area contributed by atoms with Gasteiger partial charge in [-0.25, -0.2) is 4.90 Å². The number of hydrogen-bond donors (Lipinski definition) is 0. The molecule has 0 aromatic heterocycles. The first-order valence-corrected chi connectivity index (χ1v) is 10.5. The predicted octanol–water partition coefficient (Wildman–Crippen LogP) is 4.33. The van der Waals surface area contributed by atoms with E-state index in [0.717, 1.165) is 48.4 Å². The van der Waals surface area contributed by atoms with Crippen LogP contribution >= 0.6 is 0 Å². The first-order valence-electron chi connectivity index (χ1n) is 10.5. The van der Waals surface area contributed by atoms with Crippen LogP contribution in [-0.2, 0) is 9.59 Å². The van der Waals surface area contributed by atoms with Crippen LogP contribution in [0.4, 0.5) is 5.69 Å². The van der Waals surface area contributed by atoms with Crippen molar-refractivity contribution in [3.63, 3.8) is 0 Å². The van der Waals surface area contributed by atoms with E-state index < -0.39 is 0 Å². The predicted molar refractivity (Wildman–Crippen MR) is 118 cm³/mol. The first-order chi connectivity index (χ1) is 14.4. The SMILES string of the molecule is COc1ccc(C2=C(N3CCCC(C)C3)C(=O)N(c3ccc(C)c(C)c3)C2=O)cc1. The normalized spacial score (nSPS) is 19.7. The van der Waals surface area contributed by atoms with Crippen LogP contribution in [0, 0.1) is 19.8 Å². The van der Waals surface area contributed by atoms with Gasteiger partial charge in [-0.05, 0) is 73.6 Å². The average molecular weight is 405 g/mol. The molecule has 0 aliphatic carbocycles. The van der Waals surface area contributed by atoms with E-state index in [0.29, 0.717) is 22.9 Å². The molecular formula is C25H28N2O3. The topological polar surface area (TPSA) is 49.9 Å². The first kappa shape index (κ1) is 20.2. The van der Waals surface area contributed by atoms with E-state index in [9.17, 15) is 9.59 Å². The third-order valence-electron chi connectivity index (χ3n) is 6.16. The minimum atomic E-state index is -0.262. The molecule has 0 bridgehead atoms. The zero-order valence-corrected chi connectivity index (χ0v) is 18.1. The van der Waals surface area contributed by atoms with E-state index >= 15 is 0 Å². The van der Waals surface area contributed by atoms with Crippen LogP contribution in [0.1, 0.15) is 36.5 Å². The summed E-state index contributed by atoms with van der Waals surface area (Å²) in [6.07, 6.45) is 2.16. The van der Waals surface area contributed by atoms with Gasteiger partial charge in [-0.2, -0.15) is 0 Å². The van der Waals surface area contributed by atoms with Crippen molar-refractivity contribution < 1.29 is 14.3 Å². The van der Waals surface area contributed by atoms with Crippen LogP contribution in [0.15, 0.2) is 48.2 Å². The Hall–Kier alpha value is -3.08. The highest BCUT2D eigenvalue weighted by Gasteiger charge is 2.43. The molecule has 2 aromatic rings. The number of amides is 2. The fourth-order valence-electron chi connectivity index (χ4n) is 4.32. The van der Waals surface area contributed by atoms with E-state index in [-0.39, 0.29) is 11.8 Å². The molecular weight excluding hydrogens is 376 g/mol. The second-order valence-corrected chi connectivity index (χ2v) is 8.36. The maximum absolute atomic E-state index is 13.6. The van der Waals surface area contributed by atoms with Crippen molar-refractivity contribution in [3.05, 3.63) is 64.9 Å². The number of methoxy groups -OCH3 is 1. The Bertz CT molecular complexity index is 1020. The minimum Gasteiger partial charge on any atom is -0.497 e. The molecule has 1 atom stereocenters. The van der Waals surface area contributed by atoms with Crippen molar-refractivity contribution in [2.75, 3.05) is 25.1 Å². The summed E-state index contributed by atoms with van der Waals surface area (Å²) in [7, 11) is 1.61. The van der Waals surface area contributed by atoms with Crippen molar-refractivity contribution in [3.8, 4) is 5.75 Å². The van der Waals surface area contributed by atoms with E-state index in [2.05, 4.69) is 11.8 Å². The number of anilines is 1. The van der Waals surface area contributed by atoms with Gasteiger partial charge in [-0.3, -0.25) is 9.59 Å². The molecule has 0 N–H and O–H groups in total. The monoisotopic (exact) mass is 404 g/mol. The lowest BCUT2D eigenvalue weighted by atomic mass is 9.98. The lowest BCUT2D eigenvalue weighted by Gasteiger charge is -2.33. The molecule has 4 rings (SSSR count). The number of piperidine rings is 1. The summed E-state index contributed by atoms with van der Waals surface area (Å²) < 4.78 is 5.26. The maximum atomic E-state index is 13.6. The van der Waals surface area contributed by atoms with Crippen molar-refractivity contribution in [1.82, 2.24) is 4.90 Å². The molecule has 2 aromatic carbocycles. The van der Waals surface area contributed by atoms with Crippen LogP contribution in [0.3, 0.4) is 0 Å². The number of aryl methyl sites for hydroxylation is 2. The molecule has 2 aliphatic rings. The van der Waals surface area contributed by atoms with Gasteiger partial charge in [0.1, 0.15) is 11.4 Å². The number of benzene rings is 2. The summed E-state index contributed by atoms with van der Waals surface area (Å²) in [6, 6.07) is 13.1. The van der Waals surface area contributed by atoms with E-state index in [1.54, 1.807) is 7.11 Å². The Morgan fingerprint density at radius 3 is 2.33 bits per heavy atom. The maximum Gasteiger partial charge on any atom is 0.282 e. The van der Waals surface area contributed by atoms with Gasteiger partial charge < -0.3 is 9.64 Å². The summed E-state index contributed by atoms with van der Waals surface area (Å²) in [6.45, 7) is 7.79. The lowest BCUT2D eigenvalue weighted by molar-refractivity contribution is -0.120. The van der Waals surface area contributed by atoms with Gasteiger partial charge in [-0.15, -0.1) is 0 Å². The Morgan fingerprint density at radius 1 is 0.967 bits per heavy atom. The molecule has 156 valence electrons. The number of nitrogens with zero attached hydrogens (tertiary/aromatic N) is 2. The summed E-state index contributed by atoms with van der Waals surface area (Å²) >= 11 is 0. The third-order valence-corrected chi connectivity index (χ3v) is 6.16. The molecule has 1 unspecified atom stereocenters. The highest BCUT2D eigenvalue weighted by molar-refractivity contribution is 6.45. The van der Waals surface area contributed by atoms with Gasteiger partial charge in [0.15, 0.2) is 0 Å². The lowest BCUT2D eigenvalue weighted by Crippen LogP contribution is -2.39. The highest BCUT2D eigenvalue weighted by atomic mass is 16.5. The van der Waals surface area contributed by atoms with E-state index in [1.165, 1.54) is 4.90 Å². The van der Waals surface area contributed by atoms with Crippen LogP contribution in [-0.4, -0.2) is 36.9 Å². The van der Waals surface area contributed by atoms with Gasteiger partial charge in [0.2, 0.25) is 0 Å². The number of imide groups is 1. The van der Waals surface area contributed by atoms with Gasteiger partial charge in [0, 0.05) is 13.1 Å². The van der Waals surface area contributed by atoms with Crippen molar-refractivity contribution in [2.45, 2.75) is 33.6 Å². The zero-order chi connectivity index (χ0) is 21.4. The number of rotatable bonds is 4. The molecule has 5 heteroatoms. The van der Waals surface area contributed by atoms with E-state index in [1.807, 2.05) is 56.3 Å². The quantitative estimate of drug-likeness (QED) is 0.712. The van der Waals surface area contributed by atoms with Crippen molar-refractivity contribution in [2.24, 2.45) is 5.92 Å². The molecule has 1 saturated heterocycles. The van der Waals surface area contributed by atoms with E-state index in [4.69, 9.17) is 4.74 Å². The molecule has 30 heavy (non-hydrogen) atoms. The number of carbonyl (C=O) groups is 2. The average Bonchev–Trinajstić information content (AvgIpc) is 3.00. The Morgan fingerprint density at radius 2 is 1.70 bits per heavy atom. The summed E-state index contributed by atoms with van der Waals surface area (Å²) in [5.41, 5.74) is 4.56. The van der Waals surface area contributed by atoms with Crippen molar-refractivity contribution in [1.29, 1.82) is 0 Å². The molecule has 0 spiro atoms. The number of carbonyl (C=O) groups excluding carboxylic acids is 2. The number of ether oxygens (including phenoxy) is 1. The zero-order valence-electron chi connectivity index (χ0n) is 18.1. The van der Waals surface area contributed by atoms with Crippen LogP contribution in [0.25, 0.3) is 5.57 Å². The third kappa shape index (κ3) is 3.49. The fourth-order valence-corrected chi connectivity index (χ4v) is 4.32. The van der Waals surface area contributed by atoms with Crippen LogP contribution in [0.2, 0.25) is 0 Å². The second kappa shape index (κ2) is 7.98. The smallest absolute Gasteiger partial charge is 0.282 e. The number of likely N-dealkylation sites (tertiary alicyclic amines) is 1. The molecule has 0 radical (unpaired) electrons. The molecule has 5 nitrogen and oxygen atoms in total. The summed E-state index contributed by atoms with van der Waals surface area (Å²) in [4.78, 5) is 30.6.